The Bertz CT molecular complexity index is 206. The first-order valence-electron chi connectivity index (χ1n) is 4.21. The number of aliphatic carboxylic acids is 2. The minimum atomic E-state index is -0.937. The molecule has 13 heavy (non-hydrogen) atoms. The van der Waals surface area contributed by atoms with E-state index in [1.165, 1.54) is 4.90 Å². The zero-order chi connectivity index (χ0) is 10.0. The van der Waals surface area contributed by atoms with Gasteiger partial charge in [0.15, 0.2) is 0 Å². The number of carbonyl (C=O) groups is 2. The quantitative estimate of drug-likeness (QED) is 0.636. The molecule has 1 heterocycles. The Morgan fingerprint density at radius 2 is 1.54 bits per heavy atom. The SMILES string of the molecule is CN1[C@@H](C(=O)O)CCC[C@H]1C(=O)O. The Labute approximate surface area is 76.0 Å². The van der Waals surface area contributed by atoms with Crippen molar-refractivity contribution in [3.63, 3.8) is 0 Å². The van der Waals surface area contributed by atoms with Gasteiger partial charge < -0.3 is 10.2 Å². The molecule has 5 nitrogen and oxygen atoms in total. The number of piperidine rings is 1. The van der Waals surface area contributed by atoms with Crippen molar-refractivity contribution in [3.8, 4) is 0 Å². The van der Waals surface area contributed by atoms with Crippen LogP contribution in [-0.4, -0.2) is 46.2 Å². The Morgan fingerprint density at radius 1 is 1.15 bits per heavy atom. The van der Waals surface area contributed by atoms with Crippen molar-refractivity contribution in [2.24, 2.45) is 0 Å². The molecular formula is C8H13NO4. The zero-order valence-corrected chi connectivity index (χ0v) is 7.43. The molecule has 0 aromatic rings. The van der Waals surface area contributed by atoms with Crippen LogP contribution in [0.1, 0.15) is 19.3 Å². The van der Waals surface area contributed by atoms with E-state index in [-0.39, 0.29) is 0 Å². The van der Waals surface area contributed by atoms with E-state index in [9.17, 15) is 9.59 Å². The van der Waals surface area contributed by atoms with Gasteiger partial charge in [-0.15, -0.1) is 0 Å². The van der Waals surface area contributed by atoms with Gasteiger partial charge in [0, 0.05) is 0 Å². The first kappa shape index (κ1) is 9.98. The van der Waals surface area contributed by atoms with E-state index in [0.717, 1.165) is 0 Å². The fourth-order valence-electron chi connectivity index (χ4n) is 1.72. The maximum Gasteiger partial charge on any atom is 0.320 e. The largest absolute Gasteiger partial charge is 0.480 e. The van der Waals surface area contributed by atoms with Gasteiger partial charge in [0.05, 0.1) is 0 Å². The van der Waals surface area contributed by atoms with Crippen molar-refractivity contribution in [1.29, 1.82) is 0 Å². The van der Waals surface area contributed by atoms with Crippen molar-refractivity contribution in [1.82, 2.24) is 4.90 Å². The van der Waals surface area contributed by atoms with Crippen LogP contribution in [0.5, 0.6) is 0 Å². The average molecular weight is 187 g/mol. The molecule has 2 atom stereocenters. The van der Waals surface area contributed by atoms with Gasteiger partial charge in [0.25, 0.3) is 0 Å². The van der Waals surface area contributed by atoms with Crippen LogP contribution < -0.4 is 0 Å². The summed E-state index contributed by atoms with van der Waals surface area (Å²) in [5, 5.41) is 17.5. The molecule has 5 heteroatoms. The average Bonchev–Trinajstić information content (AvgIpc) is 2.03. The molecule has 1 rings (SSSR count). The van der Waals surface area contributed by atoms with Gasteiger partial charge in [-0.1, -0.05) is 0 Å². The lowest BCUT2D eigenvalue weighted by atomic mass is 9.96. The third kappa shape index (κ3) is 1.98. The minimum absolute atomic E-state index is 0.537. The van der Waals surface area contributed by atoms with E-state index in [4.69, 9.17) is 10.2 Å². The summed E-state index contributed by atoms with van der Waals surface area (Å²) in [6.45, 7) is 0. The van der Waals surface area contributed by atoms with Crippen LogP contribution in [0.25, 0.3) is 0 Å². The van der Waals surface area contributed by atoms with Gasteiger partial charge in [-0.2, -0.15) is 0 Å². The van der Waals surface area contributed by atoms with Crippen molar-refractivity contribution in [2.45, 2.75) is 31.3 Å². The highest BCUT2D eigenvalue weighted by Gasteiger charge is 2.35. The van der Waals surface area contributed by atoms with Crippen molar-refractivity contribution in [3.05, 3.63) is 0 Å². The third-order valence-corrected chi connectivity index (χ3v) is 2.51. The van der Waals surface area contributed by atoms with E-state index < -0.39 is 24.0 Å². The molecule has 1 saturated heterocycles. The normalized spacial score (nSPS) is 29.9. The molecule has 0 radical (unpaired) electrons. The summed E-state index contributed by atoms with van der Waals surface area (Å²) in [5.41, 5.74) is 0. The molecule has 0 spiro atoms. The molecule has 0 saturated carbocycles. The monoisotopic (exact) mass is 187 g/mol. The van der Waals surface area contributed by atoms with Crippen LogP contribution >= 0.6 is 0 Å². The highest BCUT2D eigenvalue weighted by molar-refractivity contribution is 5.78. The standard InChI is InChI=1S/C8H13NO4/c1-9-5(7(10)11)3-2-4-6(9)8(12)13/h5-6H,2-4H2,1H3,(H,10,11)(H,12,13)/t5-,6+. The predicted molar refractivity (Wildman–Crippen MR) is 44.5 cm³/mol. The summed E-state index contributed by atoms with van der Waals surface area (Å²) < 4.78 is 0. The molecule has 1 aliphatic heterocycles. The molecule has 0 aromatic heterocycles. The van der Waals surface area contributed by atoms with Gasteiger partial charge in [-0.05, 0) is 26.3 Å². The van der Waals surface area contributed by atoms with Crippen molar-refractivity contribution in [2.75, 3.05) is 7.05 Å². The van der Waals surface area contributed by atoms with Crippen LogP contribution in [0.15, 0.2) is 0 Å². The number of hydrogen-bond donors (Lipinski definition) is 2. The first-order valence-corrected chi connectivity index (χ1v) is 4.21. The molecule has 0 unspecified atom stereocenters. The molecule has 0 amide bonds. The molecule has 1 fully saturated rings. The third-order valence-electron chi connectivity index (χ3n) is 2.51. The zero-order valence-electron chi connectivity index (χ0n) is 7.43. The lowest BCUT2D eigenvalue weighted by molar-refractivity contribution is -0.152. The number of carboxylic acid groups (broad SMARTS) is 2. The van der Waals surface area contributed by atoms with E-state index in [1.54, 1.807) is 7.05 Å². The highest BCUT2D eigenvalue weighted by atomic mass is 16.4. The van der Waals surface area contributed by atoms with Crippen LogP contribution in [0, 0.1) is 0 Å². The van der Waals surface area contributed by atoms with Gasteiger partial charge in [-0.25, -0.2) is 0 Å². The second-order valence-corrected chi connectivity index (χ2v) is 3.30. The second-order valence-electron chi connectivity index (χ2n) is 3.30. The molecule has 1 aliphatic rings. The number of nitrogens with zero attached hydrogens (tertiary/aromatic N) is 1. The van der Waals surface area contributed by atoms with Gasteiger partial charge in [-0.3, -0.25) is 14.5 Å². The van der Waals surface area contributed by atoms with Crippen LogP contribution in [0.3, 0.4) is 0 Å². The van der Waals surface area contributed by atoms with Crippen LogP contribution in [-0.2, 0) is 9.59 Å². The summed E-state index contributed by atoms with van der Waals surface area (Å²) in [4.78, 5) is 22.8. The summed E-state index contributed by atoms with van der Waals surface area (Å²) in [6.07, 6.45) is 1.74. The smallest absolute Gasteiger partial charge is 0.320 e. The Hall–Kier alpha value is -1.10. The molecule has 2 N–H and O–H groups in total. The fourth-order valence-corrected chi connectivity index (χ4v) is 1.72. The van der Waals surface area contributed by atoms with Crippen molar-refractivity contribution < 1.29 is 19.8 Å². The van der Waals surface area contributed by atoms with Crippen LogP contribution in [0.2, 0.25) is 0 Å². The van der Waals surface area contributed by atoms with Gasteiger partial charge in [0.2, 0.25) is 0 Å². The topological polar surface area (TPSA) is 77.8 Å². The lowest BCUT2D eigenvalue weighted by Crippen LogP contribution is -2.51. The second kappa shape index (κ2) is 3.74. The minimum Gasteiger partial charge on any atom is -0.480 e. The Kier molecular flexibility index (Phi) is 2.87. The molecule has 0 aliphatic carbocycles. The number of rotatable bonds is 2. The molecule has 0 bridgehead atoms. The highest BCUT2D eigenvalue weighted by Crippen LogP contribution is 2.21. The molecular weight excluding hydrogens is 174 g/mol. The summed E-state index contributed by atoms with van der Waals surface area (Å²) in [6, 6.07) is -1.29. The van der Waals surface area contributed by atoms with Crippen molar-refractivity contribution >= 4 is 11.9 Å². The predicted octanol–water partition coefficient (Wildman–Crippen LogP) is 0.00850. The van der Waals surface area contributed by atoms with E-state index in [0.29, 0.717) is 19.3 Å². The lowest BCUT2D eigenvalue weighted by Gasteiger charge is -2.34. The Morgan fingerprint density at radius 3 is 1.85 bits per heavy atom. The molecule has 74 valence electrons. The van der Waals surface area contributed by atoms with Crippen LogP contribution in [0.4, 0.5) is 0 Å². The van der Waals surface area contributed by atoms with E-state index in [2.05, 4.69) is 0 Å². The number of hydrogen-bond acceptors (Lipinski definition) is 3. The summed E-state index contributed by atoms with van der Waals surface area (Å²) >= 11 is 0. The maximum atomic E-state index is 10.7. The number of likely N-dealkylation sites (N-methyl/N-ethyl adjacent to an activating group) is 1. The Balaban J connectivity index is 2.71. The van der Waals surface area contributed by atoms with Gasteiger partial charge >= 0.3 is 11.9 Å². The maximum absolute atomic E-state index is 10.7. The summed E-state index contributed by atoms with van der Waals surface area (Å²) in [5.74, 6) is -1.87. The first-order chi connectivity index (χ1) is 6.04. The van der Waals surface area contributed by atoms with E-state index in [1.807, 2.05) is 0 Å². The number of carboxylic acids is 2. The summed E-state index contributed by atoms with van der Waals surface area (Å²) in [7, 11) is 1.55. The van der Waals surface area contributed by atoms with E-state index >= 15 is 0 Å². The van der Waals surface area contributed by atoms with Gasteiger partial charge in [0.1, 0.15) is 12.1 Å². The fraction of sp³-hybridized carbons (Fsp3) is 0.750. The number of likely N-dealkylation sites (tertiary alicyclic amines) is 1. The molecule has 0 aromatic carbocycles.